The predicted octanol–water partition coefficient (Wildman–Crippen LogP) is 2.29. The quantitative estimate of drug-likeness (QED) is 0.426. The lowest BCUT2D eigenvalue weighted by Gasteiger charge is -2.04. The van der Waals surface area contributed by atoms with Crippen LogP contribution in [0.4, 0.5) is 5.69 Å². The van der Waals surface area contributed by atoms with Crippen molar-refractivity contribution >= 4 is 26.8 Å². The van der Waals surface area contributed by atoms with Crippen molar-refractivity contribution in [2.45, 2.75) is 4.90 Å². The molecular weight excluding hydrogens is 306 g/mol. The van der Waals surface area contributed by atoms with Gasteiger partial charge < -0.3 is 10.2 Å². The van der Waals surface area contributed by atoms with Gasteiger partial charge in [0.2, 0.25) is 0 Å². The number of benzene rings is 2. The van der Waals surface area contributed by atoms with E-state index in [0.717, 1.165) is 0 Å². The fraction of sp³-hybridized carbons (Fsp3) is 0. The molecule has 0 unspecified atom stereocenters. The van der Waals surface area contributed by atoms with E-state index in [1.807, 2.05) is 0 Å². The lowest BCUT2D eigenvalue weighted by atomic mass is 10.1. The molecule has 0 atom stereocenters. The maximum absolute atomic E-state index is 12.1. The molecule has 0 spiro atoms. The molecule has 0 saturated carbocycles. The molecule has 3 N–H and O–H groups in total. The molecular formula is C15H11NO5S. The number of rotatable bonds is 2. The van der Waals surface area contributed by atoms with Gasteiger partial charge in [0.05, 0.1) is 10.5 Å². The molecule has 7 heteroatoms. The zero-order valence-corrected chi connectivity index (χ0v) is 12.0. The number of anilines is 1. The van der Waals surface area contributed by atoms with Gasteiger partial charge in [-0.05, 0) is 35.9 Å². The summed E-state index contributed by atoms with van der Waals surface area (Å²) in [7, 11) is -4.34. The third-order valence-electron chi connectivity index (χ3n) is 3.20. The normalized spacial score (nSPS) is 11.7. The molecule has 2 aromatic carbocycles. The minimum absolute atomic E-state index is 0.197. The van der Waals surface area contributed by atoms with E-state index in [9.17, 15) is 13.2 Å². The van der Waals surface area contributed by atoms with Crippen LogP contribution in [0.25, 0.3) is 22.1 Å². The molecule has 1 aromatic heterocycles. The van der Waals surface area contributed by atoms with E-state index < -0.39 is 15.7 Å². The zero-order chi connectivity index (χ0) is 15.9. The summed E-state index contributed by atoms with van der Waals surface area (Å²) < 4.78 is 36.7. The molecule has 3 rings (SSSR count). The van der Waals surface area contributed by atoms with Crippen LogP contribution in [0.3, 0.4) is 0 Å². The Labute approximate surface area is 125 Å². The highest BCUT2D eigenvalue weighted by molar-refractivity contribution is 7.85. The van der Waals surface area contributed by atoms with Crippen molar-refractivity contribution in [3.05, 3.63) is 59.0 Å². The Morgan fingerprint density at radius 1 is 1.05 bits per heavy atom. The molecule has 22 heavy (non-hydrogen) atoms. The van der Waals surface area contributed by atoms with Gasteiger partial charge in [-0.25, -0.2) is 4.79 Å². The first kappa shape index (κ1) is 14.3. The SMILES string of the molecule is Nc1ccc2cc(-c3cccc(S(=O)(=O)O)c3)c(=O)oc2c1. The summed E-state index contributed by atoms with van der Waals surface area (Å²) in [6, 6.07) is 11.9. The number of nitrogen functional groups attached to an aromatic ring is 1. The summed E-state index contributed by atoms with van der Waals surface area (Å²) in [6.45, 7) is 0. The van der Waals surface area contributed by atoms with Gasteiger partial charge in [-0.2, -0.15) is 8.42 Å². The molecule has 0 aliphatic heterocycles. The fourth-order valence-corrected chi connectivity index (χ4v) is 2.68. The molecule has 0 fully saturated rings. The van der Waals surface area contributed by atoms with Gasteiger partial charge in [0.1, 0.15) is 5.58 Å². The summed E-state index contributed by atoms with van der Waals surface area (Å²) in [5.74, 6) is 0. The van der Waals surface area contributed by atoms with Crippen LogP contribution in [0.5, 0.6) is 0 Å². The largest absolute Gasteiger partial charge is 0.422 e. The standard InChI is InChI=1S/C15H11NO5S/c16-11-5-4-10-7-13(15(17)21-14(10)8-11)9-2-1-3-12(6-9)22(18,19)20/h1-8H,16H2,(H,18,19,20). The molecule has 0 saturated heterocycles. The summed E-state index contributed by atoms with van der Waals surface area (Å²) >= 11 is 0. The van der Waals surface area contributed by atoms with E-state index in [1.165, 1.54) is 24.3 Å². The topological polar surface area (TPSA) is 111 Å². The lowest BCUT2D eigenvalue weighted by Crippen LogP contribution is -2.04. The average Bonchev–Trinajstić information content (AvgIpc) is 2.45. The van der Waals surface area contributed by atoms with Crippen molar-refractivity contribution in [3.8, 4) is 11.1 Å². The first-order chi connectivity index (χ1) is 10.3. The van der Waals surface area contributed by atoms with Gasteiger partial charge in [-0.1, -0.05) is 12.1 Å². The number of hydrogen-bond acceptors (Lipinski definition) is 5. The van der Waals surface area contributed by atoms with Gasteiger partial charge in [-0.3, -0.25) is 4.55 Å². The summed E-state index contributed by atoms with van der Waals surface area (Å²) in [5, 5.41) is 0.654. The molecule has 0 amide bonds. The first-order valence-electron chi connectivity index (χ1n) is 6.26. The third kappa shape index (κ3) is 2.59. The Morgan fingerprint density at radius 2 is 1.82 bits per heavy atom. The summed E-state index contributed by atoms with van der Waals surface area (Å²) in [5.41, 5.74) is 6.36. The Hall–Kier alpha value is -2.64. The molecule has 1 heterocycles. The first-order valence-corrected chi connectivity index (χ1v) is 7.70. The van der Waals surface area contributed by atoms with E-state index in [1.54, 1.807) is 24.3 Å². The lowest BCUT2D eigenvalue weighted by molar-refractivity contribution is 0.483. The van der Waals surface area contributed by atoms with Crippen LogP contribution in [-0.2, 0) is 10.1 Å². The molecule has 0 bridgehead atoms. The molecule has 0 aliphatic rings. The summed E-state index contributed by atoms with van der Waals surface area (Å²) in [6.07, 6.45) is 0. The van der Waals surface area contributed by atoms with Crippen LogP contribution < -0.4 is 11.4 Å². The second kappa shape index (κ2) is 4.97. The minimum atomic E-state index is -4.34. The Bertz CT molecular complexity index is 1040. The van der Waals surface area contributed by atoms with Crippen LogP contribution >= 0.6 is 0 Å². The third-order valence-corrected chi connectivity index (χ3v) is 4.05. The Balaban J connectivity index is 2.24. The van der Waals surface area contributed by atoms with Crippen molar-refractivity contribution in [1.82, 2.24) is 0 Å². The molecule has 0 aliphatic carbocycles. The molecule has 6 nitrogen and oxygen atoms in total. The van der Waals surface area contributed by atoms with Crippen molar-refractivity contribution in [2.24, 2.45) is 0 Å². The van der Waals surface area contributed by atoms with Crippen LogP contribution in [0.15, 0.2) is 62.6 Å². The van der Waals surface area contributed by atoms with Crippen LogP contribution in [0.1, 0.15) is 0 Å². The van der Waals surface area contributed by atoms with Gasteiger partial charge in [-0.15, -0.1) is 0 Å². The van der Waals surface area contributed by atoms with Crippen LogP contribution in [-0.4, -0.2) is 13.0 Å². The average molecular weight is 317 g/mol. The summed E-state index contributed by atoms with van der Waals surface area (Å²) in [4.78, 5) is 11.8. The van der Waals surface area contributed by atoms with E-state index in [4.69, 9.17) is 14.7 Å². The van der Waals surface area contributed by atoms with E-state index in [2.05, 4.69) is 0 Å². The zero-order valence-electron chi connectivity index (χ0n) is 11.2. The molecule has 3 aromatic rings. The van der Waals surface area contributed by atoms with E-state index in [-0.39, 0.29) is 10.5 Å². The number of nitrogens with two attached hydrogens (primary N) is 1. The Kier molecular flexibility index (Phi) is 3.23. The highest BCUT2D eigenvalue weighted by Crippen LogP contribution is 2.24. The maximum atomic E-state index is 12.1. The van der Waals surface area contributed by atoms with Crippen LogP contribution in [0, 0.1) is 0 Å². The maximum Gasteiger partial charge on any atom is 0.344 e. The second-order valence-corrected chi connectivity index (χ2v) is 6.17. The van der Waals surface area contributed by atoms with Crippen molar-refractivity contribution < 1.29 is 17.4 Å². The highest BCUT2D eigenvalue weighted by Gasteiger charge is 2.13. The van der Waals surface area contributed by atoms with E-state index in [0.29, 0.717) is 22.2 Å². The number of hydrogen-bond donors (Lipinski definition) is 2. The van der Waals surface area contributed by atoms with Crippen molar-refractivity contribution in [1.29, 1.82) is 0 Å². The van der Waals surface area contributed by atoms with E-state index >= 15 is 0 Å². The van der Waals surface area contributed by atoms with Gasteiger partial charge in [0.15, 0.2) is 0 Å². The highest BCUT2D eigenvalue weighted by atomic mass is 32.2. The smallest absolute Gasteiger partial charge is 0.344 e. The van der Waals surface area contributed by atoms with Gasteiger partial charge >= 0.3 is 5.63 Å². The predicted molar refractivity (Wildman–Crippen MR) is 82.1 cm³/mol. The molecule has 0 radical (unpaired) electrons. The van der Waals surface area contributed by atoms with Crippen LogP contribution in [0.2, 0.25) is 0 Å². The second-order valence-electron chi connectivity index (χ2n) is 4.75. The monoisotopic (exact) mass is 317 g/mol. The van der Waals surface area contributed by atoms with Gasteiger partial charge in [0.25, 0.3) is 10.1 Å². The van der Waals surface area contributed by atoms with Crippen molar-refractivity contribution in [2.75, 3.05) is 5.73 Å². The van der Waals surface area contributed by atoms with Gasteiger partial charge in [0, 0.05) is 17.1 Å². The fourth-order valence-electron chi connectivity index (χ4n) is 2.15. The minimum Gasteiger partial charge on any atom is -0.422 e. The molecule has 112 valence electrons. The number of fused-ring (bicyclic) bond motifs is 1. The Morgan fingerprint density at radius 3 is 2.55 bits per heavy atom. The van der Waals surface area contributed by atoms with Crippen molar-refractivity contribution in [3.63, 3.8) is 0 Å².